The molecule has 3 aromatic rings. The number of esters is 1. The summed E-state index contributed by atoms with van der Waals surface area (Å²) in [7, 11) is 1.32. The van der Waals surface area contributed by atoms with Crippen molar-refractivity contribution in [2.75, 3.05) is 7.11 Å². The van der Waals surface area contributed by atoms with Crippen molar-refractivity contribution in [3.05, 3.63) is 71.4 Å². The molecule has 8 nitrogen and oxygen atoms in total. The van der Waals surface area contributed by atoms with E-state index in [2.05, 4.69) is 15.6 Å². The smallest absolute Gasteiger partial charge is 0.408 e. The van der Waals surface area contributed by atoms with E-state index >= 15 is 0 Å². The van der Waals surface area contributed by atoms with Gasteiger partial charge >= 0.3 is 12.1 Å². The number of amides is 2. The van der Waals surface area contributed by atoms with Crippen molar-refractivity contribution >= 4 is 28.9 Å². The molecule has 0 saturated carbocycles. The summed E-state index contributed by atoms with van der Waals surface area (Å²) < 4.78 is 10.0. The lowest BCUT2D eigenvalue weighted by Gasteiger charge is -2.23. The molecule has 33 heavy (non-hydrogen) atoms. The van der Waals surface area contributed by atoms with Crippen LogP contribution < -0.4 is 10.6 Å². The number of hydrogen-bond acceptors (Lipinski definition) is 5. The minimum Gasteiger partial charge on any atom is -0.465 e. The second-order valence-electron chi connectivity index (χ2n) is 8.67. The van der Waals surface area contributed by atoms with Crippen molar-refractivity contribution in [2.45, 2.75) is 45.4 Å². The number of aromatic amines is 1. The van der Waals surface area contributed by atoms with Gasteiger partial charge < -0.3 is 25.1 Å². The zero-order chi connectivity index (χ0) is 24.0. The summed E-state index contributed by atoms with van der Waals surface area (Å²) in [4.78, 5) is 40.2. The zero-order valence-corrected chi connectivity index (χ0v) is 19.2. The van der Waals surface area contributed by atoms with Gasteiger partial charge in [-0.15, -0.1) is 0 Å². The average molecular weight is 452 g/mol. The Morgan fingerprint density at radius 2 is 1.73 bits per heavy atom. The highest BCUT2D eigenvalue weighted by Crippen LogP contribution is 2.19. The first kappa shape index (κ1) is 23.8. The lowest BCUT2D eigenvalue weighted by molar-refractivity contribution is -0.123. The molecule has 1 atom stereocenters. The summed E-state index contributed by atoms with van der Waals surface area (Å²) in [5.41, 5.74) is 2.40. The Bertz CT molecular complexity index is 1130. The predicted molar refractivity (Wildman–Crippen MR) is 125 cm³/mol. The van der Waals surface area contributed by atoms with Crippen molar-refractivity contribution in [3.8, 4) is 0 Å². The van der Waals surface area contributed by atoms with E-state index in [1.807, 2.05) is 30.5 Å². The van der Waals surface area contributed by atoms with Gasteiger partial charge in [0.25, 0.3) is 0 Å². The molecular weight excluding hydrogens is 422 g/mol. The SMILES string of the molecule is COC(=O)c1ccc(CNC(=O)C(Cc2c[nH]c3ccccc23)NC(=O)OC(C)(C)C)cc1. The summed E-state index contributed by atoms with van der Waals surface area (Å²) in [6.45, 7) is 5.53. The molecule has 3 rings (SSSR count). The number of H-pyrrole nitrogens is 1. The molecule has 174 valence electrons. The lowest BCUT2D eigenvalue weighted by Crippen LogP contribution is -2.49. The number of rotatable bonds is 7. The maximum atomic E-state index is 13.0. The monoisotopic (exact) mass is 451 g/mol. The summed E-state index contributed by atoms with van der Waals surface area (Å²) in [6, 6.07) is 13.7. The van der Waals surface area contributed by atoms with Gasteiger partial charge in [-0.25, -0.2) is 9.59 Å². The second kappa shape index (κ2) is 10.2. The Balaban J connectivity index is 1.72. The van der Waals surface area contributed by atoms with Crippen molar-refractivity contribution in [2.24, 2.45) is 0 Å². The average Bonchev–Trinajstić information content (AvgIpc) is 3.18. The van der Waals surface area contributed by atoms with Crippen LogP contribution in [0.1, 0.15) is 42.3 Å². The minimum atomic E-state index is -0.839. The molecule has 0 fully saturated rings. The quantitative estimate of drug-likeness (QED) is 0.475. The second-order valence-corrected chi connectivity index (χ2v) is 8.67. The van der Waals surface area contributed by atoms with Crippen molar-refractivity contribution < 1.29 is 23.9 Å². The van der Waals surface area contributed by atoms with Crippen LogP contribution in [0.2, 0.25) is 0 Å². The first-order valence-corrected chi connectivity index (χ1v) is 10.7. The number of alkyl carbamates (subject to hydrolysis) is 1. The fourth-order valence-electron chi connectivity index (χ4n) is 3.37. The summed E-state index contributed by atoms with van der Waals surface area (Å²) >= 11 is 0. The summed E-state index contributed by atoms with van der Waals surface area (Å²) in [5, 5.41) is 6.54. The Morgan fingerprint density at radius 3 is 2.39 bits per heavy atom. The highest BCUT2D eigenvalue weighted by Gasteiger charge is 2.25. The van der Waals surface area contributed by atoms with Gasteiger partial charge in [-0.2, -0.15) is 0 Å². The minimum absolute atomic E-state index is 0.237. The number of fused-ring (bicyclic) bond motifs is 1. The molecule has 1 aromatic heterocycles. The Kier molecular flexibility index (Phi) is 7.37. The number of nitrogens with one attached hydrogen (secondary N) is 3. The van der Waals surface area contributed by atoms with Crippen LogP contribution in [-0.2, 0) is 27.2 Å². The largest absolute Gasteiger partial charge is 0.465 e. The first-order chi connectivity index (χ1) is 15.7. The molecule has 0 aliphatic rings. The van der Waals surface area contributed by atoms with E-state index in [1.54, 1.807) is 45.0 Å². The highest BCUT2D eigenvalue weighted by molar-refractivity contribution is 5.90. The molecule has 8 heteroatoms. The number of para-hydroxylation sites is 1. The van der Waals surface area contributed by atoms with E-state index in [0.717, 1.165) is 22.0 Å². The van der Waals surface area contributed by atoms with Crippen molar-refractivity contribution in [3.63, 3.8) is 0 Å². The van der Waals surface area contributed by atoms with E-state index in [-0.39, 0.29) is 18.9 Å². The normalized spacial score (nSPS) is 12.1. The van der Waals surface area contributed by atoms with Crippen LogP contribution >= 0.6 is 0 Å². The third kappa shape index (κ3) is 6.58. The first-order valence-electron chi connectivity index (χ1n) is 10.7. The molecule has 0 saturated heterocycles. The number of carbonyl (C=O) groups excluding carboxylic acids is 3. The number of benzene rings is 2. The van der Waals surface area contributed by atoms with E-state index in [4.69, 9.17) is 9.47 Å². The summed E-state index contributed by atoms with van der Waals surface area (Å²) in [6.07, 6.45) is 1.47. The third-order valence-electron chi connectivity index (χ3n) is 4.95. The maximum absolute atomic E-state index is 13.0. The van der Waals surface area contributed by atoms with Gasteiger partial charge in [-0.1, -0.05) is 30.3 Å². The van der Waals surface area contributed by atoms with E-state index in [1.165, 1.54) is 7.11 Å². The molecule has 2 aromatic carbocycles. The molecule has 0 bridgehead atoms. The molecule has 3 N–H and O–H groups in total. The molecule has 1 heterocycles. The van der Waals surface area contributed by atoms with Gasteiger partial charge in [0.1, 0.15) is 11.6 Å². The highest BCUT2D eigenvalue weighted by atomic mass is 16.6. The van der Waals surface area contributed by atoms with Gasteiger partial charge in [0.05, 0.1) is 12.7 Å². The molecule has 2 amide bonds. The summed E-state index contributed by atoms with van der Waals surface area (Å²) in [5.74, 6) is -0.769. The molecule has 0 radical (unpaired) electrons. The molecular formula is C25H29N3O5. The number of ether oxygens (including phenoxy) is 2. The Morgan fingerprint density at radius 1 is 1.03 bits per heavy atom. The zero-order valence-electron chi connectivity index (χ0n) is 19.2. The number of carbonyl (C=O) groups is 3. The predicted octanol–water partition coefficient (Wildman–Crippen LogP) is 3.71. The van der Waals surface area contributed by atoms with Crippen molar-refractivity contribution in [1.29, 1.82) is 0 Å². The van der Waals surface area contributed by atoms with Gasteiger partial charge in [-0.3, -0.25) is 4.79 Å². The van der Waals surface area contributed by atoms with Gasteiger partial charge in [0, 0.05) is 30.1 Å². The Hall–Kier alpha value is -3.81. The third-order valence-corrected chi connectivity index (χ3v) is 4.95. The van der Waals surface area contributed by atoms with Crippen LogP contribution in [0.4, 0.5) is 4.79 Å². The topological polar surface area (TPSA) is 110 Å². The molecule has 1 unspecified atom stereocenters. The standard InChI is InChI=1S/C25H29N3O5/c1-25(2,3)33-24(31)28-21(13-18-15-26-20-8-6-5-7-19(18)20)22(29)27-14-16-9-11-17(12-10-16)23(30)32-4/h5-12,15,21,26H,13-14H2,1-4H3,(H,27,29)(H,28,31). The lowest BCUT2D eigenvalue weighted by atomic mass is 10.0. The maximum Gasteiger partial charge on any atom is 0.408 e. The van der Waals surface area contributed by atoms with Gasteiger partial charge in [-0.05, 0) is 50.1 Å². The fraction of sp³-hybridized carbons (Fsp3) is 0.320. The number of aromatic nitrogens is 1. The van der Waals surface area contributed by atoms with Crippen LogP contribution in [0.25, 0.3) is 10.9 Å². The van der Waals surface area contributed by atoms with Crippen LogP contribution in [-0.4, -0.2) is 41.7 Å². The van der Waals surface area contributed by atoms with E-state index in [9.17, 15) is 14.4 Å². The van der Waals surface area contributed by atoms with E-state index < -0.39 is 23.7 Å². The fourth-order valence-corrected chi connectivity index (χ4v) is 3.37. The molecule has 0 aliphatic heterocycles. The molecule has 0 aliphatic carbocycles. The van der Waals surface area contributed by atoms with Gasteiger partial charge in [0.15, 0.2) is 0 Å². The van der Waals surface area contributed by atoms with Gasteiger partial charge in [0.2, 0.25) is 5.91 Å². The number of hydrogen-bond donors (Lipinski definition) is 3. The molecule has 0 spiro atoms. The van der Waals surface area contributed by atoms with Crippen LogP contribution in [0, 0.1) is 0 Å². The van der Waals surface area contributed by atoms with Crippen LogP contribution in [0.5, 0.6) is 0 Å². The van der Waals surface area contributed by atoms with E-state index in [0.29, 0.717) is 5.56 Å². The van der Waals surface area contributed by atoms with Crippen LogP contribution in [0.15, 0.2) is 54.7 Å². The van der Waals surface area contributed by atoms with Crippen molar-refractivity contribution in [1.82, 2.24) is 15.6 Å². The number of methoxy groups -OCH3 is 1. The Labute approximate surface area is 192 Å². The van der Waals surface area contributed by atoms with Crippen LogP contribution in [0.3, 0.4) is 0 Å².